The molecular formula is C14H28N2O. The largest absolute Gasteiger partial charge is 0.352 e. The van der Waals surface area contributed by atoms with Crippen LogP contribution in [0.5, 0.6) is 0 Å². The fourth-order valence-corrected chi connectivity index (χ4v) is 2.58. The molecule has 3 N–H and O–H groups in total. The first kappa shape index (κ1) is 14.5. The molecule has 0 aliphatic heterocycles. The molecule has 3 nitrogen and oxygen atoms in total. The number of rotatable bonds is 5. The highest BCUT2D eigenvalue weighted by Crippen LogP contribution is 2.28. The number of carbonyl (C=O) groups excluding carboxylic acids is 1. The monoisotopic (exact) mass is 240 g/mol. The molecule has 2 atom stereocenters. The minimum Gasteiger partial charge on any atom is -0.352 e. The van der Waals surface area contributed by atoms with Crippen molar-refractivity contribution in [3.8, 4) is 0 Å². The molecule has 17 heavy (non-hydrogen) atoms. The first-order valence-electron chi connectivity index (χ1n) is 7.11. The molecule has 1 saturated carbocycles. The second-order valence-corrected chi connectivity index (χ2v) is 5.66. The van der Waals surface area contributed by atoms with E-state index >= 15 is 0 Å². The molecule has 1 aliphatic rings. The highest BCUT2D eigenvalue weighted by atomic mass is 16.2. The van der Waals surface area contributed by atoms with Crippen LogP contribution in [0, 0.1) is 5.92 Å². The Morgan fingerprint density at radius 3 is 2.41 bits per heavy atom. The van der Waals surface area contributed by atoms with E-state index in [9.17, 15) is 4.79 Å². The van der Waals surface area contributed by atoms with Crippen LogP contribution < -0.4 is 11.1 Å². The standard InChI is InChI=1S/C14H28N2O/c1-4-12(11-9-7-6-8-10-11)16-13(17)14(3,15)5-2/h11-12H,4-10,15H2,1-3H3,(H,16,17). The van der Waals surface area contributed by atoms with Crippen LogP contribution in [0.2, 0.25) is 0 Å². The third-order valence-corrected chi connectivity index (χ3v) is 4.23. The summed E-state index contributed by atoms with van der Waals surface area (Å²) in [6, 6.07) is 0.317. The second-order valence-electron chi connectivity index (χ2n) is 5.66. The third kappa shape index (κ3) is 3.98. The van der Waals surface area contributed by atoms with Gasteiger partial charge in [0.25, 0.3) is 0 Å². The summed E-state index contributed by atoms with van der Waals surface area (Å²) in [6.45, 7) is 5.93. The number of hydrogen-bond donors (Lipinski definition) is 2. The molecule has 0 bridgehead atoms. The zero-order valence-corrected chi connectivity index (χ0v) is 11.6. The van der Waals surface area contributed by atoms with Crippen LogP contribution in [-0.4, -0.2) is 17.5 Å². The van der Waals surface area contributed by atoms with Crippen LogP contribution >= 0.6 is 0 Å². The summed E-state index contributed by atoms with van der Waals surface area (Å²) in [5, 5.41) is 3.16. The molecular weight excluding hydrogens is 212 g/mol. The molecule has 1 rings (SSSR count). The first-order chi connectivity index (χ1) is 8.01. The van der Waals surface area contributed by atoms with Crippen LogP contribution in [0.15, 0.2) is 0 Å². The lowest BCUT2D eigenvalue weighted by Crippen LogP contribution is -2.55. The molecule has 0 heterocycles. The van der Waals surface area contributed by atoms with Gasteiger partial charge in [-0.3, -0.25) is 4.79 Å². The SMILES string of the molecule is CCC(NC(=O)C(C)(N)CC)C1CCCCC1. The summed E-state index contributed by atoms with van der Waals surface area (Å²) in [5.41, 5.74) is 5.26. The van der Waals surface area contributed by atoms with E-state index < -0.39 is 5.54 Å². The molecule has 0 spiro atoms. The van der Waals surface area contributed by atoms with Crippen molar-refractivity contribution in [1.82, 2.24) is 5.32 Å². The topological polar surface area (TPSA) is 55.1 Å². The molecule has 3 heteroatoms. The molecule has 0 aromatic rings. The van der Waals surface area contributed by atoms with Gasteiger partial charge in [0.05, 0.1) is 5.54 Å². The average molecular weight is 240 g/mol. The molecule has 0 aromatic heterocycles. The van der Waals surface area contributed by atoms with E-state index in [0.717, 1.165) is 6.42 Å². The Kier molecular flexibility index (Phi) is 5.44. The summed E-state index contributed by atoms with van der Waals surface area (Å²) in [5.74, 6) is 0.669. The van der Waals surface area contributed by atoms with E-state index in [1.54, 1.807) is 0 Å². The van der Waals surface area contributed by atoms with Gasteiger partial charge < -0.3 is 11.1 Å². The summed E-state index contributed by atoms with van der Waals surface area (Å²) in [4.78, 5) is 12.1. The van der Waals surface area contributed by atoms with Gasteiger partial charge in [-0.15, -0.1) is 0 Å². The van der Waals surface area contributed by atoms with Crippen molar-refractivity contribution in [2.45, 2.75) is 77.3 Å². The summed E-state index contributed by atoms with van der Waals surface area (Å²) in [7, 11) is 0. The zero-order chi connectivity index (χ0) is 12.9. The minimum absolute atomic E-state index is 0.0115. The van der Waals surface area contributed by atoms with Gasteiger partial charge >= 0.3 is 0 Å². The Balaban J connectivity index is 2.54. The van der Waals surface area contributed by atoms with E-state index in [1.165, 1.54) is 32.1 Å². The van der Waals surface area contributed by atoms with Crippen LogP contribution in [0.3, 0.4) is 0 Å². The van der Waals surface area contributed by atoms with E-state index in [2.05, 4.69) is 12.2 Å². The summed E-state index contributed by atoms with van der Waals surface area (Å²) in [6.07, 6.45) is 8.17. The lowest BCUT2D eigenvalue weighted by molar-refractivity contribution is -0.127. The van der Waals surface area contributed by atoms with Gasteiger partial charge in [0.15, 0.2) is 0 Å². The first-order valence-corrected chi connectivity index (χ1v) is 7.11. The second kappa shape index (κ2) is 6.39. The normalized spacial score (nSPS) is 22.8. The lowest BCUT2D eigenvalue weighted by atomic mass is 9.82. The van der Waals surface area contributed by atoms with Gasteiger partial charge in [-0.05, 0) is 38.5 Å². The van der Waals surface area contributed by atoms with Crippen molar-refractivity contribution in [2.24, 2.45) is 11.7 Å². The molecule has 100 valence electrons. The molecule has 0 saturated heterocycles. The van der Waals surface area contributed by atoms with Crippen LogP contribution in [0.25, 0.3) is 0 Å². The van der Waals surface area contributed by atoms with Crippen molar-refractivity contribution in [3.63, 3.8) is 0 Å². The highest BCUT2D eigenvalue weighted by molar-refractivity contribution is 5.85. The number of amides is 1. The maximum Gasteiger partial charge on any atom is 0.240 e. The Labute approximate surface area is 106 Å². The van der Waals surface area contributed by atoms with Gasteiger partial charge in [0, 0.05) is 6.04 Å². The van der Waals surface area contributed by atoms with Crippen molar-refractivity contribution in [3.05, 3.63) is 0 Å². The molecule has 1 amide bonds. The van der Waals surface area contributed by atoms with Crippen molar-refractivity contribution >= 4 is 5.91 Å². The van der Waals surface area contributed by atoms with E-state index in [4.69, 9.17) is 5.73 Å². The quantitative estimate of drug-likeness (QED) is 0.776. The van der Waals surface area contributed by atoms with Crippen LogP contribution in [0.1, 0.15) is 65.7 Å². The maximum absolute atomic E-state index is 12.1. The Morgan fingerprint density at radius 1 is 1.35 bits per heavy atom. The lowest BCUT2D eigenvalue weighted by Gasteiger charge is -2.33. The van der Waals surface area contributed by atoms with Crippen LogP contribution in [0.4, 0.5) is 0 Å². The third-order valence-electron chi connectivity index (χ3n) is 4.23. The van der Waals surface area contributed by atoms with E-state index in [0.29, 0.717) is 18.4 Å². The maximum atomic E-state index is 12.1. The Hall–Kier alpha value is -0.570. The van der Waals surface area contributed by atoms with Gasteiger partial charge in [0.1, 0.15) is 0 Å². The van der Waals surface area contributed by atoms with Gasteiger partial charge in [-0.2, -0.15) is 0 Å². The Morgan fingerprint density at radius 2 is 1.94 bits per heavy atom. The predicted octanol–water partition coefficient (Wildman–Crippen LogP) is 2.59. The fourth-order valence-electron chi connectivity index (χ4n) is 2.58. The molecule has 0 radical (unpaired) electrons. The number of carbonyl (C=O) groups is 1. The van der Waals surface area contributed by atoms with Crippen LogP contribution in [-0.2, 0) is 4.79 Å². The van der Waals surface area contributed by atoms with Crippen molar-refractivity contribution < 1.29 is 4.79 Å². The predicted molar refractivity (Wildman–Crippen MR) is 71.7 cm³/mol. The summed E-state index contributed by atoms with van der Waals surface area (Å²) >= 11 is 0. The fraction of sp³-hybridized carbons (Fsp3) is 0.929. The van der Waals surface area contributed by atoms with E-state index in [1.807, 2.05) is 13.8 Å². The van der Waals surface area contributed by atoms with Crippen molar-refractivity contribution in [2.75, 3.05) is 0 Å². The Bertz CT molecular complexity index is 245. The number of nitrogens with one attached hydrogen (secondary N) is 1. The average Bonchev–Trinajstić information content (AvgIpc) is 2.36. The van der Waals surface area contributed by atoms with Gasteiger partial charge in [0.2, 0.25) is 5.91 Å². The molecule has 1 aliphatic carbocycles. The van der Waals surface area contributed by atoms with Crippen molar-refractivity contribution in [1.29, 1.82) is 0 Å². The van der Waals surface area contributed by atoms with E-state index in [-0.39, 0.29) is 5.91 Å². The zero-order valence-electron chi connectivity index (χ0n) is 11.6. The summed E-state index contributed by atoms with van der Waals surface area (Å²) < 4.78 is 0. The molecule has 2 unspecified atom stereocenters. The van der Waals surface area contributed by atoms with Gasteiger partial charge in [-0.25, -0.2) is 0 Å². The highest BCUT2D eigenvalue weighted by Gasteiger charge is 2.30. The number of nitrogens with two attached hydrogens (primary N) is 1. The molecule has 0 aromatic carbocycles. The molecule has 1 fully saturated rings. The minimum atomic E-state index is -0.720. The van der Waals surface area contributed by atoms with Gasteiger partial charge in [-0.1, -0.05) is 33.1 Å². The smallest absolute Gasteiger partial charge is 0.240 e. The number of hydrogen-bond acceptors (Lipinski definition) is 2.